The monoisotopic (exact) mass is 298 g/mol. The Morgan fingerprint density at radius 1 is 1.24 bits per heavy atom. The molecule has 0 radical (unpaired) electrons. The Kier molecular flexibility index (Phi) is 4.95. The molecule has 0 aliphatic rings. The lowest BCUT2D eigenvalue weighted by Gasteiger charge is -2.13. The van der Waals surface area contributed by atoms with Gasteiger partial charge in [-0.25, -0.2) is 0 Å². The molecule has 2 aromatic rings. The van der Waals surface area contributed by atoms with Crippen molar-refractivity contribution in [1.29, 1.82) is 0 Å². The normalized spacial score (nSPS) is 13.3. The summed E-state index contributed by atoms with van der Waals surface area (Å²) in [5.41, 5.74) is 1.46. The number of nitrogens with zero attached hydrogens (tertiary/aromatic N) is 3. The minimum atomic E-state index is -4.11. The van der Waals surface area contributed by atoms with Crippen molar-refractivity contribution in [3.05, 3.63) is 42.2 Å². The summed E-state index contributed by atoms with van der Waals surface area (Å²) in [6, 6.07) is 9.13. The molecule has 0 fully saturated rings. The maximum Gasteiger partial charge on any atom is 0.389 e. The first kappa shape index (κ1) is 15.5. The number of nitrogens with one attached hydrogen (secondary N) is 1. The predicted molar refractivity (Wildman–Crippen MR) is 73.1 cm³/mol. The second kappa shape index (κ2) is 6.71. The molecule has 114 valence electrons. The standard InChI is InChI=1S/C14H17F3N4/c1-18-12(8-5-9-14(15,16)17)13-10-19-21(20-13)11-6-3-2-4-7-11/h2-4,6-7,10,12,18H,5,8-9H2,1H3. The van der Waals surface area contributed by atoms with Crippen LogP contribution in [0.2, 0.25) is 0 Å². The van der Waals surface area contributed by atoms with Crippen LogP contribution in [0.4, 0.5) is 13.2 Å². The molecule has 0 aliphatic heterocycles. The average molecular weight is 298 g/mol. The van der Waals surface area contributed by atoms with E-state index in [0.717, 1.165) is 5.69 Å². The van der Waals surface area contributed by atoms with Crippen LogP contribution in [0.3, 0.4) is 0 Å². The molecule has 1 atom stereocenters. The van der Waals surface area contributed by atoms with Crippen LogP contribution in [0, 0.1) is 0 Å². The van der Waals surface area contributed by atoms with Crippen LogP contribution < -0.4 is 5.32 Å². The molecule has 7 heteroatoms. The van der Waals surface area contributed by atoms with Gasteiger partial charge in [0.15, 0.2) is 0 Å². The highest BCUT2D eigenvalue weighted by molar-refractivity contribution is 5.28. The SMILES string of the molecule is CNC(CCCC(F)(F)F)c1cnn(-c2ccccc2)n1. The van der Waals surface area contributed by atoms with Crippen LogP contribution in [-0.2, 0) is 0 Å². The fraction of sp³-hybridized carbons (Fsp3) is 0.429. The Morgan fingerprint density at radius 3 is 2.57 bits per heavy atom. The van der Waals surface area contributed by atoms with E-state index in [2.05, 4.69) is 15.5 Å². The highest BCUT2D eigenvalue weighted by Gasteiger charge is 2.27. The molecule has 1 aromatic carbocycles. The third kappa shape index (κ3) is 4.56. The van der Waals surface area contributed by atoms with E-state index >= 15 is 0 Å². The number of hydrogen-bond acceptors (Lipinski definition) is 3. The van der Waals surface area contributed by atoms with E-state index in [0.29, 0.717) is 12.1 Å². The number of alkyl halides is 3. The van der Waals surface area contributed by atoms with E-state index in [9.17, 15) is 13.2 Å². The van der Waals surface area contributed by atoms with Crippen molar-refractivity contribution in [2.24, 2.45) is 0 Å². The maximum absolute atomic E-state index is 12.2. The van der Waals surface area contributed by atoms with Crippen LogP contribution in [0.25, 0.3) is 5.69 Å². The summed E-state index contributed by atoms with van der Waals surface area (Å²) in [5.74, 6) is 0. The van der Waals surface area contributed by atoms with Crippen LogP contribution in [0.1, 0.15) is 31.0 Å². The van der Waals surface area contributed by atoms with Gasteiger partial charge < -0.3 is 5.32 Å². The second-order valence-electron chi connectivity index (χ2n) is 4.74. The third-order valence-electron chi connectivity index (χ3n) is 3.16. The van der Waals surface area contributed by atoms with Gasteiger partial charge in [-0.3, -0.25) is 0 Å². The van der Waals surface area contributed by atoms with Gasteiger partial charge in [-0.2, -0.15) is 28.2 Å². The van der Waals surface area contributed by atoms with Crippen molar-refractivity contribution >= 4 is 0 Å². The molecule has 1 unspecified atom stereocenters. The van der Waals surface area contributed by atoms with Gasteiger partial charge in [-0.15, -0.1) is 0 Å². The molecule has 0 spiro atoms. The van der Waals surface area contributed by atoms with E-state index in [1.54, 1.807) is 13.2 Å². The summed E-state index contributed by atoms with van der Waals surface area (Å²) in [6.07, 6.45) is -2.88. The second-order valence-corrected chi connectivity index (χ2v) is 4.74. The van der Waals surface area contributed by atoms with Crippen molar-refractivity contribution in [1.82, 2.24) is 20.3 Å². The fourth-order valence-corrected chi connectivity index (χ4v) is 2.07. The number of para-hydroxylation sites is 1. The Labute approximate surface area is 121 Å². The number of rotatable bonds is 6. The van der Waals surface area contributed by atoms with Crippen molar-refractivity contribution in [2.75, 3.05) is 7.05 Å². The number of aromatic nitrogens is 3. The molecular formula is C14H17F3N4. The zero-order chi connectivity index (χ0) is 15.3. The van der Waals surface area contributed by atoms with Crippen molar-refractivity contribution in [3.63, 3.8) is 0 Å². The number of halogens is 3. The third-order valence-corrected chi connectivity index (χ3v) is 3.16. The van der Waals surface area contributed by atoms with Crippen molar-refractivity contribution < 1.29 is 13.2 Å². The Balaban J connectivity index is 2.01. The average Bonchev–Trinajstić information content (AvgIpc) is 2.93. The lowest BCUT2D eigenvalue weighted by atomic mass is 10.1. The molecule has 0 aliphatic carbocycles. The summed E-state index contributed by atoms with van der Waals surface area (Å²) in [6.45, 7) is 0. The molecule has 4 nitrogen and oxygen atoms in total. The molecular weight excluding hydrogens is 281 g/mol. The van der Waals surface area contributed by atoms with E-state index < -0.39 is 12.6 Å². The van der Waals surface area contributed by atoms with Crippen LogP contribution in [0.5, 0.6) is 0 Å². The Morgan fingerprint density at radius 2 is 1.95 bits per heavy atom. The van der Waals surface area contributed by atoms with E-state index in [4.69, 9.17) is 0 Å². The number of benzene rings is 1. The topological polar surface area (TPSA) is 42.7 Å². The van der Waals surface area contributed by atoms with Gasteiger partial charge in [-0.05, 0) is 32.0 Å². The molecule has 1 N–H and O–H groups in total. The van der Waals surface area contributed by atoms with Crippen molar-refractivity contribution in [2.45, 2.75) is 31.5 Å². The summed E-state index contributed by atoms with van der Waals surface area (Å²) in [5, 5.41) is 11.5. The van der Waals surface area contributed by atoms with E-state index in [-0.39, 0.29) is 12.5 Å². The highest BCUT2D eigenvalue weighted by Crippen LogP contribution is 2.25. The predicted octanol–water partition coefficient (Wildman–Crippen LogP) is 3.26. The minimum Gasteiger partial charge on any atom is -0.312 e. The van der Waals surface area contributed by atoms with Gasteiger partial charge in [0, 0.05) is 6.42 Å². The lowest BCUT2D eigenvalue weighted by Crippen LogP contribution is -2.18. The quantitative estimate of drug-likeness (QED) is 0.890. The molecule has 0 saturated carbocycles. The molecule has 21 heavy (non-hydrogen) atoms. The van der Waals surface area contributed by atoms with Crippen molar-refractivity contribution in [3.8, 4) is 5.69 Å². The molecule has 0 bridgehead atoms. The highest BCUT2D eigenvalue weighted by atomic mass is 19.4. The van der Waals surface area contributed by atoms with E-state index in [1.807, 2.05) is 30.3 Å². The van der Waals surface area contributed by atoms with Crippen LogP contribution in [-0.4, -0.2) is 28.2 Å². The van der Waals surface area contributed by atoms with Gasteiger partial charge >= 0.3 is 6.18 Å². The minimum absolute atomic E-state index is 0.0627. The maximum atomic E-state index is 12.2. The molecule has 0 saturated heterocycles. The van der Waals surface area contributed by atoms with Gasteiger partial charge in [0.2, 0.25) is 0 Å². The van der Waals surface area contributed by atoms with Gasteiger partial charge in [-0.1, -0.05) is 18.2 Å². The summed E-state index contributed by atoms with van der Waals surface area (Å²) in [7, 11) is 1.71. The summed E-state index contributed by atoms with van der Waals surface area (Å²) in [4.78, 5) is 1.48. The smallest absolute Gasteiger partial charge is 0.312 e. The van der Waals surface area contributed by atoms with Gasteiger partial charge in [0.1, 0.15) is 5.69 Å². The first-order valence-electron chi connectivity index (χ1n) is 6.71. The largest absolute Gasteiger partial charge is 0.389 e. The zero-order valence-corrected chi connectivity index (χ0v) is 11.6. The first-order chi connectivity index (χ1) is 9.99. The van der Waals surface area contributed by atoms with Crippen LogP contribution in [0.15, 0.2) is 36.5 Å². The number of hydrogen-bond donors (Lipinski definition) is 1. The molecule has 1 heterocycles. The van der Waals surface area contributed by atoms with Gasteiger partial charge in [0.25, 0.3) is 0 Å². The first-order valence-corrected chi connectivity index (χ1v) is 6.71. The Hall–Kier alpha value is -1.89. The lowest BCUT2D eigenvalue weighted by molar-refractivity contribution is -0.135. The zero-order valence-electron chi connectivity index (χ0n) is 11.6. The Bertz CT molecular complexity index is 551. The summed E-state index contributed by atoms with van der Waals surface area (Å²) >= 11 is 0. The van der Waals surface area contributed by atoms with Crippen LogP contribution >= 0.6 is 0 Å². The molecule has 2 rings (SSSR count). The molecule has 0 amide bonds. The fourth-order valence-electron chi connectivity index (χ4n) is 2.07. The van der Waals surface area contributed by atoms with E-state index in [1.165, 1.54) is 4.80 Å². The molecule has 1 aromatic heterocycles. The van der Waals surface area contributed by atoms with Gasteiger partial charge in [0.05, 0.1) is 17.9 Å². The summed E-state index contributed by atoms with van der Waals surface area (Å²) < 4.78 is 36.6.